The van der Waals surface area contributed by atoms with Gasteiger partial charge in [0, 0.05) is 24.7 Å². The lowest BCUT2D eigenvalue weighted by molar-refractivity contribution is -0.140. The lowest BCUT2D eigenvalue weighted by Gasteiger charge is -2.34. The van der Waals surface area contributed by atoms with Crippen LogP contribution in [0.3, 0.4) is 0 Å². The molecule has 1 aliphatic rings. The number of carbonyl (C=O) groups excluding carboxylic acids is 1. The highest BCUT2D eigenvalue weighted by Gasteiger charge is 2.36. The highest BCUT2D eigenvalue weighted by molar-refractivity contribution is 5.83. The Balaban J connectivity index is 1.97. The fourth-order valence-corrected chi connectivity index (χ4v) is 3.16. The van der Waals surface area contributed by atoms with Crippen molar-refractivity contribution in [3.05, 3.63) is 52.6 Å². The summed E-state index contributed by atoms with van der Waals surface area (Å²) in [6, 6.07) is 8.88. The molecule has 1 amide bonds. The zero-order chi connectivity index (χ0) is 18.0. The number of amides is 1. The maximum Gasteiger partial charge on any atom is 0.267 e. The molecule has 2 heterocycles. The number of hydrogen-bond donors (Lipinski definition) is 0. The zero-order valence-electron chi connectivity index (χ0n) is 14.5. The van der Waals surface area contributed by atoms with Gasteiger partial charge in [0.15, 0.2) is 0 Å². The number of aromatic nitrogens is 2. The predicted molar refractivity (Wildman–Crippen MR) is 93.6 cm³/mol. The summed E-state index contributed by atoms with van der Waals surface area (Å²) in [7, 11) is 0. The van der Waals surface area contributed by atoms with E-state index in [0.29, 0.717) is 24.3 Å². The summed E-state index contributed by atoms with van der Waals surface area (Å²) in [6.07, 6.45) is 3.10. The number of benzene rings is 1. The summed E-state index contributed by atoms with van der Waals surface area (Å²) in [5, 5.41) is 4.39. The van der Waals surface area contributed by atoms with Crippen LogP contribution < -0.4 is 5.56 Å². The fourth-order valence-electron chi connectivity index (χ4n) is 3.16. The highest BCUT2D eigenvalue weighted by atomic mass is 19.1. The van der Waals surface area contributed by atoms with Crippen LogP contribution in [0.5, 0.6) is 0 Å². The van der Waals surface area contributed by atoms with Gasteiger partial charge >= 0.3 is 0 Å². The summed E-state index contributed by atoms with van der Waals surface area (Å²) < 4.78 is 14.4. The van der Waals surface area contributed by atoms with Gasteiger partial charge in [-0.2, -0.15) is 5.10 Å². The molecule has 2 aromatic rings. The zero-order valence-corrected chi connectivity index (χ0v) is 14.5. The van der Waals surface area contributed by atoms with E-state index in [1.165, 1.54) is 22.9 Å². The molecule has 25 heavy (non-hydrogen) atoms. The quantitative estimate of drug-likeness (QED) is 0.861. The number of nitrogens with zero attached hydrogens (tertiary/aromatic N) is 3. The maximum atomic E-state index is 13.1. The SMILES string of the molecule is CC(C)(C(=O)N1CCCCC1)n1nc(-c2ccc(F)cc2)ccc1=O. The molecule has 1 saturated heterocycles. The third-order valence-corrected chi connectivity index (χ3v) is 4.64. The first kappa shape index (κ1) is 17.3. The summed E-state index contributed by atoms with van der Waals surface area (Å²) in [6.45, 7) is 4.86. The highest BCUT2D eigenvalue weighted by Crippen LogP contribution is 2.22. The van der Waals surface area contributed by atoms with Crippen LogP contribution in [-0.4, -0.2) is 33.7 Å². The van der Waals surface area contributed by atoms with Crippen molar-refractivity contribution in [2.45, 2.75) is 38.6 Å². The largest absolute Gasteiger partial charge is 0.341 e. The Labute approximate surface area is 146 Å². The monoisotopic (exact) mass is 343 g/mol. The van der Waals surface area contributed by atoms with E-state index in [-0.39, 0.29) is 17.3 Å². The van der Waals surface area contributed by atoms with Crippen molar-refractivity contribution in [1.82, 2.24) is 14.7 Å². The van der Waals surface area contributed by atoms with Crippen LogP contribution in [0.1, 0.15) is 33.1 Å². The topological polar surface area (TPSA) is 55.2 Å². The van der Waals surface area contributed by atoms with Crippen LogP contribution in [0.25, 0.3) is 11.3 Å². The van der Waals surface area contributed by atoms with Crippen LogP contribution in [0, 0.1) is 5.82 Å². The minimum absolute atomic E-state index is 0.0990. The van der Waals surface area contributed by atoms with Gasteiger partial charge in [0.2, 0.25) is 5.91 Å². The molecule has 0 N–H and O–H groups in total. The molecule has 0 saturated carbocycles. The average molecular weight is 343 g/mol. The van der Waals surface area contributed by atoms with E-state index in [0.717, 1.165) is 19.3 Å². The Bertz CT molecular complexity index is 821. The van der Waals surface area contributed by atoms with Gasteiger partial charge in [-0.25, -0.2) is 9.07 Å². The van der Waals surface area contributed by atoms with Gasteiger partial charge in [-0.05, 0) is 63.4 Å². The maximum absolute atomic E-state index is 13.1. The molecule has 3 rings (SSSR count). The van der Waals surface area contributed by atoms with E-state index in [1.54, 1.807) is 32.0 Å². The first-order valence-electron chi connectivity index (χ1n) is 8.56. The Kier molecular flexibility index (Phi) is 4.70. The van der Waals surface area contributed by atoms with Crippen molar-refractivity contribution in [3.8, 4) is 11.3 Å². The van der Waals surface area contributed by atoms with Crippen LogP contribution in [0.2, 0.25) is 0 Å². The van der Waals surface area contributed by atoms with E-state index in [1.807, 2.05) is 4.90 Å². The first-order chi connectivity index (χ1) is 11.9. The number of rotatable bonds is 3. The van der Waals surface area contributed by atoms with Crippen LogP contribution >= 0.6 is 0 Å². The molecule has 1 aromatic heterocycles. The number of carbonyl (C=O) groups is 1. The van der Waals surface area contributed by atoms with Crippen molar-refractivity contribution in [2.75, 3.05) is 13.1 Å². The predicted octanol–water partition coefficient (Wildman–Crippen LogP) is 2.80. The van der Waals surface area contributed by atoms with Crippen molar-refractivity contribution < 1.29 is 9.18 Å². The Morgan fingerprint density at radius 2 is 1.68 bits per heavy atom. The van der Waals surface area contributed by atoms with Crippen LogP contribution in [0.4, 0.5) is 4.39 Å². The molecule has 132 valence electrons. The summed E-state index contributed by atoms with van der Waals surface area (Å²) in [5.74, 6) is -0.435. The van der Waals surface area contributed by atoms with Gasteiger partial charge in [0.1, 0.15) is 11.4 Å². The number of halogens is 1. The normalized spacial score (nSPS) is 15.2. The lowest BCUT2D eigenvalue weighted by Crippen LogP contribution is -2.52. The molecule has 6 heteroatoms. The molecule has 0 spiro atoms. The van der Waals surface area contributed by atoms with Crippen molar-refractivity contribution in [2.24, 2.45) is 0 Å². The molecule has 1 aliphatic heterocycles. The van der Waals surface area contributed by atoms with E-state index in [2.05, 4.69) is 5.10 Å². The third kappa shape index (κ3) is 3.48. The number of piperidine rings is 1. The number of likely N-dealkylation sites (tertiary alicyclic amines) is 1. The second kappa shape index (κ2) is 6.78. The molecular formula is C19H22FN3O2. The lowest BCUT2D eigenvalue weighted by atomic mass is 10.0. The molecule has 0 bridgehead atoms. The van der Waals surface area contributed by atoms with Crippen LogP contribution in [-0.2, 0) is 10.3 Å². The van der Waals surface area contributed by atoms with E-state index in [9.17, 15) is 14.0 Å². The molecule has 1 fully saturated rings. The Morgan fingerprint density at radius 3 is 2.32 bits per heavy atom. The fraction of sp³-hybridized carbons (Fsp3) is 0.421. The molecule has 0 unspecified atom stereocenters. The van der Waals surface area contributed by atoms with E-state index < -0.39 is 5.54 Å². The summed E-state index contributed by atoms with van der Waals surface area (Å²) >= 11 is 0. The van der Waals surface area contributed by atoms with Crippen molar-refractivity contribution >= 4 is 5.91 Å². The summed E-state index contributed by atoms with van der Waals surface area (Å²) in [4.78, 5) is 27.1. The van der Waals surface area contributed by atoms with E-state index >= 15 is 0 Å². The molecule has 0 radical (unpaired) electrons. The molecular weight excluding hydrogens is 321 g/mol. The van der Waals surface area contributed by atoms with Gasteiger partial charge < -0.3 is 4.90 Å². The van der Waals surface area contributed by atoms with Gasteiger partial charge in [0.25, 0.3) is 5.56 Å². The number of hydrogen-bond acceptors (Lipinski definition) is 3. The van der Waals surface area contributed by atoms with Crippen LogP contribution in [0.15, 0.2) is 41.2 Å². The van der Waals surface area contributed by atoms with Crippen molar-refractivity contribution in [3.63, 3.8) is 0 Å². The first-order valence-corrected chi connectivity index (χ1v) is 8.56. The van der Waals surface area contributed by atoms with E-state index in [4.69, 9.17) is 0 Å². The Morgan fingerprint density at radius 1 is 1.04 bits per heavy atom. The molecule has 1 aromatic carbocycles. The third-order valence-electron chi connectivity index (χ3n) is 4.64. The van der Waals surface area contributed by atoms with Gasteiger partial charge in [-0.15, -0.1) is 0 Å². The molecule has 0 aliphatic carbocycles. The average Bonchev–Trinajstić information content (AvgIpc) is 2.63. The standard InChI is InChI=1S/C19H22FN3O2/c1-19(2,18(25)22-12-4-3-5-13-22)23-17(24)11-10-16(21-23)14-6-8-15(20)9-7-14/h6-11H,3-5,12-13H2,1-2H3. The summed E-state index contributed by atoms with van der Waals surface area (Å²) in [5.41, 5.74) is -0.193. The Hall–Kier alpha value is -2.50. The van der Waals surface area contributed by atoms with Gasteiger partial charge in [-0.3, -0.25) is 9.59 Å². The second-order valence-electron chi connectivity index (χ2n) is 6.89. The van der Waals surface area contributed by atoms with Gasteiger partial charge in [-0.1, -0.05) is 0 Å². The second-order valence-corrected chi connectivity index (χ2v) is 6.89. The van der Waals surface area contributed by atoms with Gasteiger partial charge in [0.05, 0.1) is 5.69 Å². The minimum atomic E-state index is -1.08. The molecule has 0 atom stereocenters. The molecule has 5 nitrogen and oxygen atoms in total. The smallest absolute Gasteiger partial charge is 0.267 e. The minimum Gasteiger partial charge on any atom is -0.341 e. The van der Waals surface area contributed by atoms with Crippen molar-refractivity contribution in [1.29, 1.82) is 0 Å².